The van der Waals surface area contributed by atoms with Gasteiger partial charge in [0.05, 0.1) is 4.92 Å². The van der Waals surface area contributed by atoms with Gasteiger partial charge in [-0.25, -0.2) is 0 Å². The number of hydrogen-bond donors (Lipinski definition) is 2. The zero-order valence-electron chi connectivity index (χ0n) is 15.7. The molecule has 2 N–H and O–H groups in total. The molecule has 0 saturated heterocycles. The van der Waals surface area contributed by atoms with Crippen molar-refractivity contribution < 1.29 is 4.92 Å². The van der Waals surface area contributed by atoms with Crippen LogP contribution in [0.5, 0.6) is 0 Å². The van der Waals surface area contributed by atoms with E-state index in [0.717, 1.165) is 17.9 Å². The Labute approximate surface area is 156 Å². The Balaban J connectivity index is 0.00000117. The van der Waals surface area contributed by atoms with Crippen molar-refractivity contribution in [2.24, 2.45) is 5.92 Å². The number of nitro benzene ring substituents is 1. The van der Waals surface area contributed by atoms with Gasteiger partial charge >= 0.3 is 0 Å². The van der Waals surface area contributed by atoms with Crippen molar-refractivity contribution in [2.45, 2.75) is 46.0 Å². The summed E-state index contributed by atoms with van der Waals surface area (Å²) < 4.78 is 0. The second kappa shape index (κ2) is 10.4. The van der Waals surface area contributed by atoms with E-state index in [1.54, 1.807) is 12.1 Å². The number of anilines is 3. The van der Waals surface area contributed by atoms with Gasteiger partial charge in [0.1, 0.15) is 5.69 Å². The molecule has 0 spiro atoms. The Kier molecular flexibility index (Phi) is 7.93. The van der Waals surface area contributed by atoms with Crippen LogP contribution < -0.4 is 10.6 Å². The third-order valence-electron chi connectivity index (χ3n) is 4.56. The topological polar surface area (TPSA) is 67.2 Å². The Hall–Kier alpha value is -2.56. The standard InChI is InChI=1S/C19H23N3O2.C2H6/c23-22(24)19-13-17(21-16-9-5-2-6-10-16)11-12-18(19)20-14-15-7-3-1-4-8-15;1-2/h2,5-6,9-13,15,20-21H,1,3-4,7-8,14H2;1-2H3. The third-order valence-corrected chi connectivity index (χ3v) is 4.56. The van der Waals surface area contributed by atoms with Crippen molar-refractivity contribution in [3.8, 4) is 0 Å². The number of nitrogens with zero attached hydrogens (tertiary/aromatic N) is 1. The lowest BCUT2D eigenvalue weighted by atomic mass is 9.89. The maximum atomic E-state index is 11.4. The quantitative estimate of drug-likeness (QED) is 0.467. The van der Waals surface area contributed by atoms with Gasteiger partial charge in [-0.2, -0.15) is 0 Å². The van der Waals surface area contributed by atoms with Gasteiger partial charge in [-0.15, -0.1) is 0 Å². The van der Waals surface area contributed by atoms with Gasteiger partial charge in [-0.3, -0.25) is 10.1 Å². The van der Waals surface area contributed by atoms with Crippen LogP contribution in [0.4, 0.5) is 22.7 Å². The molecular weight excluding hydrogens is 326 g/mol. The van der Waals surface area contributed by atoms with E-state index >= 15 is 0 Å². The Morgan fingerprint density at radius 3 is 2.35 bits per heavy atom. The molecule has 1 saturated carbocycles. The molecule has 0 radical (unpaired) electrons. The van der Waals surface area contributed by atoms with E-state index < -0.39 is 0 Å². The molecule has 5 nitrogen and oxygen atoms in total. The second-order valence-corrected chi connectivity index (χ2v) is 6.37. The molecular formula is C21H29N3O2. The SMILES string of the molecule is CC.O=[N+]([O-])c1cc(Nc2ccccc2)ccc1NCC1CCCCC1. The van der Waals surface area contributed by atoms with Crippen LogP contribution in [-0.2, 0) is 0 Å². The molecule has 1 aliphatic rings. The zero-order valence-corrected chi connectivity index (χ0v) is 15.7. The fourth-order valence-corrected chi connectivity index (χ4v) is 3.24. The Morgan fingerprint density at radius 2 is 1.69 bits per heavy atom. The van der Waals surface area contributed by atoms with Gasteiger partial charge in [0, 0.05) is 24.0 Å². The third kappa shape index (κ3) is 5.76. The van der Waals surface area contributed by atoms with Gasteiger partial charge in [0.2, 0.25) is 0 Å². The van der Waals surface area contributed by atoms with Gasteiger partial charge in [0.25, 0.3) is 5.69 Å². The summed E-state index contributed by atoms with van der Waals surface area (Å²) in [4.78, 5) is 11.1. The van der Waals surface area contributed by atoms with Gasteiger partial charge < -0.3 is 10.6 Å². The van der Waals surface area contributed by atoms with Crippen LogP contribution in [0.15, 0.2) is 48.5 Å². The first-order valence-electron chi connectivity index (χ1n) is 9.57. The minimum atomic E-state index is -0.320. The maximum Gasteiger partial charge on any atom is 0.294 e. The minimum Gasteiger partial charge on any atom is -0.379 e. The molecule has 0 aliphatic heterocycles. The molecule has 0 atom stereocenters. The fraction of sp³-hybridized carbons (Fsp3) is 0.429. The zero-order chi connectivity index (χ0) is 18.8. The average molecular weight is 355 g/mol. The van der Waals surface area contributed by atoms with Crippen LogP contribution in [0.2, 0.25) is 0 Å². The minimum absolute atomic E-state index is 0.117. The number of rotatable bonds is 6. The molecule has 0 heterocycles. The van der Waals surface area contributed by atoms with Crippen LogP contribution in [0.1, 0.15) is 46.0 Å². The van der Waals surface area contributed by atoms with Crippen LogP contribution in [-0.4, -0.2) is 11.5 Å². The van der Waals surface area contributed by atoms with E-state index in [4.69, 9.17) is 0 Å². The first kappa shape index (κ1) is 19.8. The number of nitrogens with one attached hydrogen (secondary N) is 2. The normalized spacial score (nSPS) is 14.1. The maximum absolute atomic E-state index is 11.4. The summed E-state index contributed by atoms with van der Waals surface area (Å²) >= 11 is 0. The molecule has 1 fully saturated rings. The van der Waals surface area contributed by atoms with E-state index in [9.17, 15) is 10.1 Å². The molecule has 2 aromatic rings. The molecule has 0 amide bonds. The summed E-state index contributed by atoms with van der Waals surface area (Å²) in [7, 11) is 0. The first-order valence-corrected chi connectivity index (χ1v) is 9.57. The van der Waals surface area contributed by atoms with Gasteiger partial charge in [-0.05, 0) is 43.0 Å². The molecule has 3 rings (SSSR count). The molecule has 1 aliphatic carbocycles. The van der Waals surface area contributed by atoms with Crippen molar-refractivity contribution in [3.05, 3.63) is 58.6 Å². The molecule has 0 unspecified atom stereocenters. The highest BCUT2D eigenvalue weighted by Gasteiger charge is 2.18. The second-order valence-electron chi connectivity index (χ2n) is 6.37. The van der Waals surface area contributed by atoms with Crippen LogP contribution in [0.25, 0.3) is 0 Å². The lowest BCUT2D eigenvalue weighted by Gasteiger charge is -2.22. The summed E-state index contributed by atoms with van der Waals surface area (Å²) in [5, 5.41) is 17.9. The number of benzene rings is 2. The molecule has 0 bridgehead atoms. The average Bonchev–Trinajstić information content (AvgIpc) is 2.70. The molecule has 5 heteroatoms. The van der Waals surface area contributed by atoms with Crippen molar-refractivity contribution in [1.82, 2.24) is 0 Å². The Bertz CT molecular complexity index is 683. The van der Waals surface area contributed by atoms with E-state index in [1.165, 1.54) is 32.1 Å². The van der Waals surface area contributed by atoms with E-state index in [1.807, 2.05) is 50.2 Å². The molecule has 2 aromatic carbocycles. The smallest absolute Gasteiger partial charge is 0.294 e. The van der Waals surface area contributed by atoms with Crippen LogP contribution in [0, 0.1) is 16.0 Å². The van der Waals surface area contributed by atoms with Crippen LogP contribution >= 0.6 is 0 Å². The van der Waals surface area contributed by atoms with Crippen molar-refractivity contribution in [3.63, 3.8) is 0 Å². The first-order chi connectivity index (χ1) is 12.7. The summed E-state index contributed by atoms with van der Waals surface area (Å²) in [6.07, 6.45) is 6.29. The van der Waals surface area contributed by atoms with E-state index in [-0.39, 0.29) is 10.6 Å². The number of nitro groups is 1. The monoisotopic (exact) mass is 355 g/mol. The summed E-state index contributed by atoms with van der Waals surface area (Å²) in [6.45, 7) is 4.81. The number of hydrogen-bond acceptors (Lipinski definition) is 4. The Morgan fingerprint density at radius 1 is 1.00 bits per heavy atom. The highest BCUT2D eigenvalue weighted by atomic mass is 16.6. The van der Waals surface area contributed by atoms with Crippen LogP contribution in [0.3, 0.4) is 0 Å². The highest BCUT2D eigenvalue weighted by Crippen LogP contribution is 2.31. The highest BCUT2D eigenvalue weighted by molar-refractivity contribution is 5.71. The predicted molar refractivity (Wildman–Crippen MR) is 109 cm³/mol. The van der Waals surface area contributed by atoms with E-state index in [2.05, 4.69) is 10.6 Å². The molecule has 140 valence electrons. The summed E-state index contributed by atoms with van der Waals surface area (Å²) in [5.41, 5.74) is 2.35. The largest absolute Gasteiger partial charge is 0.379 e. The van der Waals surface area contributed by atoms with Gasteiger partial charge in [0.15, 0.2) is 0 Å². The molecule has 0 aromatic heterocycles. The predicted octanol–water partition coefficient (Wildman–Crippen LogP) is 6.36. The lowest BCUT2D eigenvalue weighted by Crippen LogP contribution is -2.17. The van der Waals surface area contributed by atoms with E-state index in [0.29, 0.717) is 11.6 Å². The van der Waals surface area contributed by atoms with Crippen molar-refractivity contribution in [2.75, 3.05) is 17.2 Å². The fourth-order valence-electron chi connectivity index (χ4n) is 3.24. The molecule has 26 heavy (non-hydrogen) atoms. The number of para-hydroxylation sites is 1. The lowest BCUT2D eigenvalue weighted by molar-refractivity contribution is -0.383. The van der Waals surface area contributed by atoms with Crippen molar-refractivity contribution in [1.29, 1.82) is 0 Å². The summed E-state index contributed by atoms with van der Waals surface area (Å²) in [5.74, 6) is 0.625. The van der Waals surface area contributed by atoms with Gasteiger partial charge in [-0.1, -0.05) is 51.3 Å². The summed E-state index contributed by atoms with van der Waals surface area (Å²) in [6, 6.07) is 14.9. The van der Waals surface area contributed by atoms with Crippen molar-refractivity contribution >= 4 is 22.7 Å².